The Bertz CT molecular complexity index is 879. The van der Waals surface area contributed by atoms with Crippen molar-refractivity contribution in [3.05, 3.63) is 33.1 Å². The summed E-state index contributed by atoms with van der Waals surface area (Å²) in [6.07, 6.45) is -3.77. The molecule has 0 aliphatic carbocycles. The summed E-state index contributed by atoms with van der Waals surface area (Å²) in [6.45, 7) is 1.66. The molecule has 0 saturated carbocycles. The number of halogens is 1. The number of hydrogen-bond donors (Lipinski definition) is 1. The van der Waals surface area contributed by atoms with Gasteiger partial charge in [-0.15, -0.1) is 0 Å². The number of nitrogens with zero attached hydrogens (tertiary/aromatic N) is 1. The zero-order valence-electron chi connectivity index (χ0n) is 15.3. The van der Waals surface area contributed by atoms with Gasteiger partial charge < -0.3 is 18.9 Å². The Kier molecular flexibility index (Phi) is 6.33. The van der Waals surface area contributed by atoms with Crippen molar-refractivity contribution in [3.63, 3.8) is 0 Å². The molecule has 2 rings (SSSR count). The molecule has 0 unspecified atom stereocenters. The van der Waals surface area contributed by atoms with Crippen LogP contribution in [0.2, 0.25) is 0 Å². The number of aromatic nitrogens is 2. The summed E-state index contributed by atoms with van der Waals surface area (Å²) in [4.78, 5) is 59.2. The first-order valence-electron chi connectivity index (χ1n) is 8.14. The van der Waals surface area contributed by atoms with Gasteiger partial charge in [0.2, 0.25) is 5.67 Å². The predicted molar refractivity (Wildman–Crippen MR) is 87.9 cm³/mol. The first kappa shape index (κ1) is 21.3. The Morgan fingerprint density at radius 2 is 1.82 bits per heavy atom. The van der Waals surface area contributed by atoms with Crippen molar-refractivity contribution in [1.82, 2.24) is 9.55 Å². The highest BCUT2D eigenvalue weighted by Crippen LogP contribution is 2.42. The van der Waals surface area contributed by atoms with Crippen molar-refractivity contribution in [3.8, 4) is 0 Å². The van der Waals surface area contributed by atoms with E-state index in [4.69, 9.17) is 18.9 Å². The highest BCUT2D eigenvalue weighted by atomic mass is 19.1. The predicted octanol–water partition coefficient (Wildman–Crippen LogP) is -0.800. The van der Waals surface area contributed by atoms with E-state index in [1.165, 1.54) is 0 Å². The minimum absolute atomic E-state index is 0.598. The lowest BCUT2D eigenvalue weighted by molar-refractivity contribution is -0.166. The highest BCUT2D eigenvalue weighted by molar-refractivity contribution is 5.67. The zero-order valence-corrected chi connectivity index (χ0v) is 15.3. The summed E-state index contributed by atoms with van der Waals surface area (Å²) >= 11 is 0. The van der Waals surface area contributed by atoms with Crippen LogP contribution in [0.4, 0.5) is 4.39 Å². The average molecular weight is 402 g/mol. The van der Waals surface area contributed by atoms with E-state index in [0.29, 0.717) is 0 Å². The molecule has 154 valence electrons. The van der Waals surface area contributed by atoms with Gasteiger partial charge in [0, 0.05) is 33.0 Å². The van der Waals surface area contributed by atoms with Crippen LogP contribution in [0.5, 0.6) is 0 Å². The first-order chi connectivity index (χ1) is 13.0. The van der Waals surface area contributed by atoms with E-state index in [0.717, 1.165) is 37.6 Å². The number of hydrogen-bond acceptors (Lipinski definition) is 9. The number of esters is 3. The molecule has 11 nitrogen and oxygen atoms in total. The summed E-state index contributed by atoms with van der Waals surface area (Å²) < 4.78 is 36.8. The summed E-state index contributed by atoms with van der Waals surface area (Å²) in [6, 6.07) is 0.987. The third-order valence-electron chi connectivity index (χ3n) is 3.92. The number of rotatable bonds is 6. The van der Waals surface area contributed by atoms with Crippen LogP contribution in [-0.4, -0.2) is 58.5 Å². The van der Waals surface area contributed by atoms with Crippen LogP contribution in [0.15, 0.2) is 21.9 Å². The fourth-order valence-electron chi connectivity index (χ4n) is 2.71. The normalized spacial score (nSPS) is 26.5. The van der Waals surface area contributed by atoms with Crippen LogP contribution in [0.25, 0.3) is 0 Å². The quantitative estimate of drug-likeness (QED) is 0.478. The Labute approximate surface area is 157 Å². The molecule has 1 aromatic rings. The molecule has 0 radical (unpaired) electrons. The Morgan fingerprint density at radius 3 is 2.36 bits per heavy atom. The fourth-order valence-corrected chi connectivity index (χ4v) is 2.71. The van der Waals surface area contributed by atoms with Crippen LogP contribution < -0.4 is 11.2 Å². The van der Waals surface area contributed by atoms with E-state index < -0.39 is 66.5 Å². The van der Waals surface area contributed by atoms with Gasteiger partial charge in [-0.3, -0.25) is 28.7 Å². The molecule has 0 aromatic carbocycles. The Morgan fingerprint density at radius 1 is 1.18 bits per heavy atom. The van der Waals surface area contributed by atoms with E-state index >= 15 is 4.39 Å². The maximum absolute atomic E-state index is 15.9. The lowest BCUT2D eigenvalue weighted by Crippen LogP contribution is -2.51. The van der Waals surface area contributed by atoms with Crippen molar-refractivity contribution in [2.24, 2.45) is 0 Å². The second-order valence-electron chi connectivity index (χ2n) is 6.07. The molecule has 0 bridgehead atoms. The van der Waals surface area contributed by atoms with Crippen molar-refractivity contribution >= 4 is 17.9 Å². The smallest absolute Gasteiger partial charge is 0.330 e. The largest absolute Gasteiger partial charge is 0.463 e. The summed E-state index contributed by atoms with van der Waals surface area (Å²) in [5.74, 6) is -2.43. The number of alkyl halides is 1. The van der Waals surface area contributed by atoms with E-state index in [-0.39, 0.29) is 0 Å². The number of H-pyrrole nitrogens is 1. The molecule has 1 aliphatic heterocycles. The van der Waals surface area contributed by atoms with Gasteiger partial charge in [0.05, 0.1) is 0 Å². The molecule has 12 heteroatoms. The zero-order chi connectivity index (χ0) is 21.1. The third-order valence-corrected chi connectivity index (χ3v) is 3.92. The van der Waals surface area contributed by atoms with E-state index in [2.05, 4.69) is 0 Å². The molecule has 1 aliphatic rings. The molecular weight excluding hydrogens is 383 g/mol. The van der Waals surface area contributed by atoms with Crippen molar-refractivity contribution in [1.29, 1.82) is 0 Å². The molecule has 2 heterocycles. The third kappa shape index (κ3) is 4.63. The van der Waals surface area contributed by atoms with Crippen LogP contribution in [0.3, 0.4) is 0 Å². The van der Waals surface area contributed by atoms with Crippen LogP contribution in [0, 0.1) is 0 Å². The molecular formula is C16H19FN2O9. The van der Waals surface area contributed by atoms with E-state index in [1.807, 2.05) is 4.98 Å². The fraction of sp³-hybridized carbons (Fsp3) is 0.562. The standard InChI is InChI=1S/C16H19FN2O9/c1-8(20)25-6-11-16(17,7-26-9(2)21)13(27-10(3)22)14(28-11)19-5-4-12(23)18-15(19)24/h4-5,11,13-14H,6-7H2,1-3H3,(H,18,23,24)/t11-,13+,14-,16+/m1/s1. The first-order valence-corrected chi connectivity index (χ1v) is 8.14. The Balaban J connectivity index is 2.49. The van der Waals surface area contributed by atoms with Gasteiger partial charge >= 0.3 is 23.6 Å². The molecule has 4 atom stereocenters. The van der Waals surface area contributed by atoms with Gasteiger partial charge in [-0.2, -0.15) is 0 Å². The summed E-state index contributed by atoms with van der Waals surface area (Å²) in [5.41, 5.74) is -4.30. The second kappa shape index (κ2) is 8.33. The lowest BCUT2D eigenvalue weighted by atomic mass is 9.95. The lowest BCUT2D eigenvalue weighted by Gasteiger charge is -2.29. The SMILES string of the molecule is CC(=O)OC[C@H]1O[C@@H](n2ccc(=O)[nH]c2=O)[C@H](OC(C)=O)[C@]1(F)COC(C)=O. The number of aromatic amines is 1. The minimum atomic E-state index is -2.65. The van der Waals surface area contributed by atoms with Crippen molar-refractivity contribution in [2.75, 3.05) is 13.2 Å². The van der Waals surface area contributed by atoms with Crippen LogP contribution in [-0.2, 0) is 33.3 Å². The number of carbonyl (C=O) groups excluding carboxylic acids is 3. The van der Waals surface area contributed by atoms with Gasteiger partial charge in [-0.05, 0) is 0 Å². The molecule has 1 fully saturated rings. The van der Waals surface area contributed by atoms with Crippen molar-refractivity contribution in [2.45, 2.75) is 44.9 Å². The van der Waals surface area contributed by atoms with Gasteiger partial charge in [0.1, 0.15) is 19.3 Å². The highest BCUT2D eigenvalue weighted by Gasteiger charge is 2.62. The molecule has 1 N–H and O–H groups in total. The van der Waals surface area contributed by atoms with Gasteiger partial charge in [0.25, 0.3) is 5.56 Å². The maximum Gasteiger partial charge on any atom is 0.330 e. The van der Waals surface area contributed by atoms with E-state index in [9.17, 15) is 24.0 Å². The number of carbonyl (C=O) groups is 3. The van der Waals surface area contributed by atoms with Gasteiger partial charge in [-0.1, -0.05) is 0 Å². The second-order valence-corrected chi connectivity index (χ2v) is 6.07. The average Bonchev–Trinajstić information content (AvgIpc) is 2.84. The molecule has 28 heavy (non-hydrogen) atoms. The molecule has 1 saturated heterocycles. The number of ether oxygens (including phenoxy) is 4. The Hall–Kier alpha value is -3.02. The molecule has 0 amide bonds. The van der Waals surface area contributed by atoms with Crippen LogP contribution in [0.1, 0.15) is 27.0 Å². The summed E-state index contributed by atoms with van der Waals surface area (Å²) in [7, 11) is 0. The summed E-state index contributed by atoms with van der Waals surface area (Å²) in [5, 5.41) is 0. The van der Waals surface area contributed by atoms with Gasteiger partial charge in [-0.25, -0.2) is 9.18 Å². The molecule has 0 spiro atoms. The number of nitrogens with one attached hydrogen (secondary N) is 1. The topological polar surface area (TPSA) is 143 Å². The van der Waals surface area contributed by atoms with Crippen molar-refractivity contribution < 1.29 is 37.7 Å². The molecule has 1 aromatic heterocycles. The van der Waals surface area contributed by atoms with Crippen LogP contribution >= 0.6 is 0 Å². The maximum atomic E-state index is 15.9. The van der Waals surface area contributed by atoms with Gasteiger partial charge in [0.15, 0.2) is 12.3 Å². The van der Waals surface area contributed by atoms with E-state index in [1.54, 1.807) is 0 Å². The monoisotopic (exact) mass is 402 g/mol. The minimum Gasteiger partial charge on any atom is -0.463 e.